The molecule has 80 valence electrons. The molecule has 0 saturated heterocycles. The summed E-state index contributed by atoms with van der Waals surface area (Å²) in [5.74, 6) is -0.127. The largest absolute Gasteiger partial charge is 0.431 e. The average molecular weight is 217 g/mol. The number of aliphatic hydroxyl groups is 1. The fourth-order valence-electron chi connectivity index (χ4n) is 1.32. The smallest absolute Gasteiger partial charge is 0.388 e. The fourth-order valence-corrected chi connectivity index (χ4v) is 1.32. The van der Waals surface area contributed by atoms with E-state index in [0.717, 1.165) is 10.5 Å². The molecular formula is C8H6F3N3O. The van der Waals surface area contributed by atoms with Crippen LogP contribution in [0.25, 0.3) is 5.65 Å². The van der Waals surface area contributed by atoms with Crippen molar-refractivity contribution in [3.8, 4) is 0 Å². The second kappa shape index (κ2) is 3.20. The van der Waals surface area contributed by atoms with E-state index in [2.05, 4.69) is 10.2 Å². The Kier molecular flexibility index (Phi) is 2.11. The van der Waals surface area contributed by atoms with E-state index >= 15 is 0 Å². The lowest BCUT2D eigenvalue weighted by atomic mass is 10.3. The van der Waals surface area contributed by atoms with Crippen LogP contribution in [0.5, 0.6) is 0 Å². The molecule has 15 heavy (non-hydrogen) atoms. The highest BCUT2D eigenvalue weighted by atomic mass is 19.4. The summed E-state index contributed by atoms with van der Waals surface area (Å²) >= 11 is 0. The highest BCUT2D eigenvalue weighted by Crippen LogP contribution is 2.29. The molecule has 0 saturated carbocycles. The molecule has 0 spiro atoms. The molecule has 2 heterocycles. The van der Waals surface area contributed by atoms with Gasteiger partial charge in [0.1, 0.15) is 12.3 Å². The molecule has 0 unspecified atom stereocenters. The van der Waals surface area contributed by atoms with E-state index in [9.17, 15) is 13.2 Å². The van der Waals surface area contributed by atoms with Gasteiger partial charge in [0.2, 0.25) is 0 Å². The third kappa shape index (κ3) is 1.54. The Morgan fingerprint density at radius 3 is 2.60 bits per heavy atom. The predicted octanol–water partition coefficient (Wildman–Crippen LogP) is 1.24. The van der Waals surface area contributed by atoms with Crippen molar-refractivity contribution in [2.75, 3.05) is 0 Å². The van der Waals surface area contributed by atoms with Crippen molar-refractivity contribution in [1.29, 1.82) is 0 Å². The number of hydrogen-bond acceptors (Lipinski definition) is 3. The summed E-state index contributed by atoms with van der Waals surface area (Å²) in [4.78, 5) is 0. The van der Waals surface area contributed by atoms with Crippen LogP contribution < -0.4 is 0 Å². The number of aliphatic hydroxyl groups excluding tert-OH is 1. The van der Waals surface area contributed by atoms with Gasteiger partial charge in [0.25, 0.3) is 0 Å². The molecule has 2 aromatic rings. The molecule has 2 rings (SSSR count). The predicted molar refractivity (Wildman–Crippen MR) is 43.9 cm³/mol. The van der Waals surface area contributed by atoms with Crippen molar-refractivity contribution in [3.63, 3.8) is 0 Å². The number of rotatable bonds is 1. The SMILES string of the molecule is OCc1nnc2cccc(C(F)(F)F)n12. The minimum Gasteiger partial charge on any atom is -0.388 e. The van der Waals surface area contributed by atoms with Crippen molar-refractivity contribution >= 4 is 5.65 Å². The lowest BCUT2D eigenvalue weighted by Crippen LogP contribution is -2.13. The van der Waals surface area contributed by atoms with Crippen molar-refractivity contribution in [2.24, 2.45) is 0 Å². The lowest BCUT2D eigenvalue weighted by Gasteiger charge is -2.09. The van der Waals surface area contributed by atoms with Crippen molar-refractivity contribution in [2.45, 2.75) is 12.8 Å². The number of alkyl halides is 3. The minimum absolute atomic E-state index is 0.0638. The Labute approximate surface area is 82.0 Å². The van der Waals surface area contributed by atoms with Crippen LogP contribution in [0.4, 0.5) is 13.2 Å². The van der Waals surface area contributed by atoms with Gasteiger partial charge in [-0.2, -0.15) is 13.2 Å². The molecule has 0 aliphatic rings. The summed E-state index contributed by atoms with van der Waals surface area (Å²) in [6.45, 7) is -0.589. The van der Waals surface area contributed by atoms with Gasteiger partial charge in [0.15, 0.2) is 11.5 Å². The van der Waals surface area contributed by atoms with Gasteiger partial charge in [-0.15, -0.1) is 10.2 Å². The van der Waals surface area contributed by atoms with Gasteiger partial charge in [0.05, 0.1) is 0 Å². The molecular weight excluding hydrogens is 211 g/mol. The number of nitrogens with zero attached hydrogens (tertiary/aromatic N) is 3. The van der Waals surface area contributed by atoms with Gasteiger partial charge in [0, 0.05) is 0 Å². The molecule has 0 radical (unpaired) electrons. The molecule has 0 aliphatic carbocycles. The van der Waals surface area contributed by atoms with Crippen molar-refractivity contribution in [1.82, 2.24) is 14.6 Å². The second-order valence-electron chi connectivity index (χ2n) is 2.88. The molecule has 0 fully saturated rings. The number of halogens is 3. The normalized spacial score (nSPS) is 12.3. The number of fused-ring (bicyclic) bond motifs is 1. The maximum absolute atomic E-state index is 12.6. The van der Waals surface area contributed by atoms with Gasteiger partial charge in [-0.1, -0.05) is 6.07 Å². The van der Waals surface area contributed by atoms with Crippen LogP contribution in [-0.4, -0.2) is 19.7 Å². The minimum atomic E-state index is -4.49. The zero-order valence-electron chi connectivity index (χ0n) is 7.36. The summed E-state index contributed by atoms with van der Waals surface area (Å²) in [5.41, 5.74) is -0.831. The van der Waals surface area contributed by atoms with Crippen LogP contribution in [0.3, 0.4) is 0 Å². The third-order valence-corrected chi connectivity index (χ3v) is 1.93. The van der Waals surface area contributed by atoms with Crippen molar-refractivity contribution in [3.05, 3.63) is 29.7 Å². The fraction of sp³-hybridized carbons (Fsp3) is 0.250. The third-order valence-electron chi connectivity index (χ3n) is 1.93. The number of pyridine rings is 1. The molecule has 4 nitrogen and oxygen atoms in total. The van der Waals surface area contributed by atoms with Crippen LogP contribution >= 0.6 is 0 Å². The lowest BCUT2D eigenvalue weighted by molar-refractivity contribution is -0.142. The first-order valence-corrected chi connectivity index (χ1v) is 4.05. The first kappa shape index (κ1) is 9.91. The molecule has 0 aromatic carbocycles. The van der Waals surface area contributed by atoms with E-state index in [1.807, 2.05) is 0 Å². The first-order valence-electron chi connectivity index (χ1n) is 4.05. The highest BCUT2D eigenvalue weighted by molar-refractivity contribution is 5.40. The molecule has 2 aromatic heterocycles. The Balaban J connectivity index is 2.78. The van der Waals surface area contributed by atoms with Gasteiger partial charge >= 0.3 is 6.18 Å². The second-order valence-corrected chi connectivity index (χ2v) is 2.88. The Hall–Kier alpha value is -1.63. The van der Waals surface area contributed by atoms with Crippen molar-refractivity contribution < 1.29 is 18.3 Å². The van der Waals surface area contributed by atoms with Crippen LogP contribution in [0.2, 0.25) is 0 Å². The first-order chi connectivity index (χ1) is 7.04. The summed E-state index contributed by atoms with van der Waals surface area (Å²) < 4.78 is 38.5. The van der Waals surface area contributed by atoms with Crippen LogP contribution in [-0.2, 0) is 12.8 Å². The average Bonchev–Trinajstić information content (AvgIpc) is 2.58. The zero-order valence-corrected chi connectivity index (χ0v) is 7.36. The van der Waals surface area contributed by atoms with E-state index in [0.29, 0.717) is 0 Å². The Morgan fingerprint density at radius 2 is 2.00 bits per heavy atom. The molecule has 0 amide bonds. The monoisotopic (exact) mass is 217 g/mol. The summed E-state index contributed by atoms with van der Waals surface area (Å²) in [7, 11) is 0. The zero-order chi connectivity index (χ0) is 11.1. The highest BCUT2D eigenvalue weighted by Gasteiger charge is 2.34. The number of aromatic nitrogens is 3. The van der Waals surface area contributed by atoms with E-state index in [1.165, 1.54) is 12.1 Å². The topological polar surface area (TPSA) is 50.4 Å². The van der Waals surface area contributed by atoms with Crippen LogP contribution in [0.1, 0.15) is 11.5 Å². The molecule has 0 bridgehead atoms. The molecule has 0 aliphatic heterocycles. The van der Waals surface area contributed by atoms with E-state index in [-0.39, 0.29) is 11.5 Å². The summed E-state index contributed by atoms with van der Waals surface area (Å²) in [6.07, 6.45) is -4.49. The van der Waals surface area contributed by atoms with Crippen LogP contribution in [0, 0.1) is 0 Å². The number of hydrogen-bond donors (Lipinski definition) is 1. The molecule has 0 atom stereocenters. The quantitative estimate of drug-likeness (QED) is 0.781. The standard InChI is InChI=1S/C8H6F3N3O/c9-8(10,11)5-2-1-3-6-12-13-7(4-15)14(5)6/h1-3,15H,4H2. The van der Waals surface area contributed by atoms with Crippen LogP contribution in [0.15, 0.2) is 18.2 Å². The van der Waals surface area contributed by atoms with E-state index in [4.69, 9.17) is 5.11 Å². The molecule has 1 N–H and O–H groups in total. The van der Waals surface area contributed by atoms with E-state index in [1.54, 1.807) is 0 Å². The van der Waals surface area contributed by atoms with Gasteiger partial charge in [-0.3, -0.25) is 4.40 Å². The van der Waals surface area contributed by atoms with Gasteiger partial charge < -0.3 is 5.11 Å². The summed E-state index contributed by atoms with van der Waals surface area (Å²) in [6, 6.07) is 3.55. The summed E-state index contributed by atoms with van der Waals surface area (Å²) in [5, 5.41) is 15.8. The van der Waals surface area contributed by atoms with Gasteiger partial charge in [-0.05, 0) is 12.1 Å². The maximum atomic E-state index is 12.6. The Bertz CT molecular complexity index is 491. The Morgan fingerprint density at radius 1 is 1.27 bits per heavy atom. The van der Waals surface area contributed by atoms with Gasteiger partial charge in [-0.25, -0.2) is 0 Å². The van der Waals surface area contributed by atoms with E-state index < -0.39 is 18.5 Å². The maximum Gasteiger partial charge on any atom is 0.431 e. The molecule has 7 heteroatoms.